The van der Waals surface area contributed by atoms with Gasteiger partial charge in [-0.15, -0.1) is 11.3 Å². The molecule has 1 aromatic carbocycles. The first-order valence-electron chi connectivity index (χ1n) is 10.9. The van der Waals surface area contributed by atoms with Gasteiger partial charge in [0.1, 0.15) is 10.7 Å². The first kappa shape index (κ1) is 22.2. The fourth-order valence-electron chi connectivity index (χ4n) is 4.08. The summed E-state index contributed by atoms with van der Waals surface area (Å²) in [6, 6.07) is 12.1. The summed E-state index contributed by atoms with van der Waals surface area (Å²) in [7, 11) is 0. The number of amides is 1. The largest absolute Gasteiger partial charge is 0.462 e. The smallest absolute Gasteiger partial charge is 0.341 e. The molecule has 0 unspecified atom stereocenters. The third-order valence-electron chi connectivity index (χ3n) is 5.53. The molecule has 1 N–H and O–H groups in total. The van der Waals surface area contributed by atoms with E-state index in [-0.39, 0.29) is 11.9 Å². The van der Waals surface area contributed by atoms with Crippen molar-refractivity contribution < 1.29 is 14.3 Å². The second-order valence-corrected chi connectivity index (χ2v) is 8.92. The Morgan fingerprint density at radius 1 is 1.22 bits per heavy atom. The lowest BCUT2D eigenvalue weighted by Crippen LogP contribution is -2.30. The second-order valence-electron chi connectivity index (χ2n) is 7.82. The Balaban J connectivity index is 1.61. The minimum Gasteiger partial charge on any atom is -0.462 e. The molecule has 168 valence electrons. The fourth-order valence-corrected chi connectivity index (χ4v) is 5.35. The van der Waals surface area contributed by atoms with Crippen molar-refractivity contribution in [3.8, 4) is 0 Å². The molecule has 0 bridgehead atoms. The van der Waals surface area contributed by atoms with E-state index in [4.69, 9.17) is 4.74 Å². The third-order valence-corrected chi connectivity index (χ3v) is 6.66. The molecule has 0 saturated heterocycles. The zero-order valence-corrected chi connectivity index (χ0v) is 19.5. The summed E-state index contributed by atoms with van der Waals surface area (Å²) < 4.78 is 7.01. The molecule has 0 fully saturated rings. The first-order chi connectivity index (χ1) is 15.5. The normalized spacial score (nSPS) is 13.6. The van der Waals surface area contributed by atoms with Crippen LogP contribution in [0.4, 0.5) is 5.00 Å². The van der Waals surface area contributed by atoms with E-state index >= 15 is 0 Å². The Morgan fingerprint density at radius 3 is 2.72 bits per heavy atom. The monoisotopic (exact) mass is 452 g/mol. The summed E-state index contributed by atoms with van der Waals surface area (Å²) in [4.78, 5) is 29.3. The molecule has 2 aromatic heterocycles. The molecule has 7 nitrogen and oxygen atoms in total. The lowest BCUT2D eigenvalue weighted by Gasteiger charge is -2.27. The van der Waals surface area contributed by atoms with Crippen LogP contribution in [0.1, 0.15) is 56.4 Å². The molecule has 0 atom stereocenters. The van der Waals surface area contributed by atoms with E-state index in [0.29, 0.717) is 29.4 Å². The zero-order valence-electron chi connectivity index (χ0n) is 18.7. The van der Waals surface area contributed by atoms with Crippen molar-refractivity contribution in [1.82, 2.24) is 14.7 Å². The number of nitrogens with one attached hydrogen (secondary N) is 1. The minimum absolute atomic E-state index is 0.266. The molecular formula is C24H28N4O3S. The van der Waals surface area contributed by atoms with E-state index in [1.807, 2.05) is 32.0 Å². The Hall–Kier alpha value is -2.97. The summed E-state index contributed by atoms with van der Waals surface area (Å²) >= 11 is 1.47. The van der Waals surface area contributed by atoms with Crippen LogP contribution in [0.2, 0.25) is 0 Å². The average molecular weight is 453 g/mol. The summed E-state index contributed by atoms with van der Waals surface area (Å²) in [5, 5.41) is 7.89. The van der Waals surface area contributed by atoms with Gasteiger partial charge in [-0.2, -0.15) is 5.10 Å². The third kappa shape index (κ3) is 4.61. The van der Waals surface area contributed by atoms with Crippen molar-refractivity contribution in [1.29, 1.82) is 0 Å². The van der Waals surface area contributed by atoms with Gasteiger partial charge < -0.3 is 10.1 Å². The number of thiophene rings is 1. The number of hydrogen-bond donors (Lipinski definition) is 1. The van der Waals surface area contributed by atoms with E-state index in [9.17, 15) is 9.59 Å². The maximum absolute atomic E-state index is 13.0. The number of aryl methyl sites for hydroxylation is 2. The molecule has 3 heterocycles. The average Bonchev–Trinajstić information content (AvgIpc) is 3.34. The molecule has 3 aromatic rings. The Kier molecular flexibility index (Phi) is 6.72. The van der Waals surface area contributed by atoms with E-state index in [2.05, 4.69) is 27.4 Å². The predicted molar refractivity (Wildman–Crippen MR) is 125 cm³/mol. The van der Waals surface area contributed by atoms with Crippen LogP contribution in [0.3, 0.4) is 0 Å². The maximum Gasteiger partial charge on any atom is 0.341 e. The van der Waals surface area contributed by atoms with Gasteiger partial charge in [-0.05, 0) is 44.4 Å². The quantitative estimate of drug-likeness (QED) is 0.542. The molecule has 0 spiro atoms. The fraction of sp³-hybridized carbons (Fsp3) is 0.375. The predicted octanol–water partition coefficient (Wildman–Crippen LogP) is 4.26. The van der Waals surface area contributed by atoms with E-state index in [1.54, 1.807) is 17.7 Å². The van der Waals surface area contributed by atoms with Crippen molar-refractivity contribution >= 4 is 28.2 Å². The molecule has 0 radical (unpaired) electrons. The van der Waals surface area contributed by atoms with Crippen molar-refractivity contribution in [2.24, 2.45) is 0 Å². The Bertz CT molecular complexity index is 1120. The molecule has 8 heteroatoms. The lowest BCUT2D eigenvalue weighted by atomic mass is 10.0. The summed E-state index contributed by atoms with van der Waals surface area (Å²) in [5.74, 6) is -0.644. The number of fused-ring (bicyclic) bond motifs is 1. The molecule has 4 rings (SSSR count). The number of carbonyl (C=O) groups is 2. The number of carbonyl (C=O) groups excluding carboxylic acids is 2. The van der Waals surface area contributed by atoms with Crippen LogP contribution in [0, 0.1) is 6.92 Å². The lowest BCUT2D eigenvalue weighted by molar-refractivity contribution is 0.0526. The molecule has 1 aliphatic heterocycles. The van der Waals surface area contributed by atoms with E-state index < -0.39 is 0 Å². The molecule has 32 heavy (non-hydrogen) atoms. The number of benzene rings is 1. The second kappa shape index (κ2) is 9.67. The van der Waals surface area contributed by atoms with Crippen LogP contribution >= 0.6 is 11.3 Å². The SMILES string of the molecule is CCOC(=O)c1c(NC(=O)c2cc(C)nn2CC)sc2c1CCN(Cc1ccccc1)C2. The molecule has 0 saturated carbocycles. The number of aromatic nitrogens is 2. The highest BCUT2D eigenvalue weighted by atomic mass is 32.1. The molecular weight excluding hydrogens is 424 g/mol. The number of hydrogen-bond acceptors (Lipinski definition) is 6. The zero-order chi connectivity index (χ0) is 22.7. The van der Waals surface area contributed by atoms with Gasteiger partial charge in [-0.25, -0.2) is 4.79 Å². The van der Waals surface area contributed by atoms with Gasteiger partial charge in [-0.3, -0.25) is 14.4 Å². The van der Waals surface area contributed by atoms with Crippen LogP contribution in [0.25, 0.3) is 0 Å². The van der Waals surface area contributed by atoms with E-state index in [1.165, 1.54) is 16.9 Å². The highest BCUT2D eigenvalue weighted by molar-refractivity contribution is 7.17. The van der Waals surface area contributed by atoms with Crippen molar-refractivity contribution in [2.75, 3.05) is 18.5 Å². The van der Waals surface area contributed by atoms with Crippen molar-refractivity contribution in [3.05, 3.63) is 69.4 Å². The van der Waals surface area contributed by atoms with E-state index in [0.717, 1.165) is 42.2 Å². The van der Waals surface area contributed by atoms with Gasteiger partial charge in [0.15, 0.2) is 0 Å². The van der Waals surface area contributed by atoms with Crippen LogP contribution in [-0.4, -0.2) is 39.7 Å². The van der Waals surface area contributed by atoms with Gasteiger partial charge in [0.05, 0.1) is 17.9 Å². The van der Waals surface area contributed by atoms with Crippen molar-refractivity contribution in [2.45, 2.75) is 46.8 Å². The summed E-state index contributed by atoms with van der Waals surface area (Å²) in [6.07, 6.45) is 0.745. The van der Waals surface area contributed by atoms with Crippen LogP contribution in [0.5, 0.6) is 0 Å². The summed E-state index contributed by atoms with van der Waals surface area (Å²) in [6.45, 7) is 8.91. The van der Waals surface area contributed by atoms with Crippen molar-refractivity contribution in [3.63, 3.8) is 0 Å². The highest BCUT2D eigenvalue weighted by Crippen LogP contribution is 2.38. The van der Waals surface area contributed by atoms with Gasteiger partial charge in [-0.1, -0.05) is 30.3 Å². The number of anilines is 1. The van der Waals surface area contributed by atoms with Crippen LogP contribution in [0.15, 0.2) is 36.4 Å². The molecule has 1 amide bonds. The topological polar surface area (TPSA) is 76.5 Å². The number of ether oxygens (including phenoxy) is 1. The number of esters is 1. The minimum atomic E-state index is -0.378. The molecule has 1 aliphatic rings. The maximum atomic E-state index is 13.0. The highest BCUT2D eigenvalue weighted by Gasteiger charge is 2.30. The number of nitrogens with zero attached hydrogens (tertiary/aromatic N) is 3. The van der Waals surface area contributed by atoms with Gasteiger partial charge >= 0.3 is 5.97 Å². The van der Waals surface area contributed by atoms with Gasteiger partial charge in [0.25, 0.3) is 5.91 Å². The first-order valence-corrected chi connectivity index (χ1v) is 11.8. The Morgan fingerprint density at radius 2 is 2.00 bits per heavy atom. The van der Waals surface area contributed by atoms with Gasteiger partial charge in [0.2, 0.25) is 0 Å². The van der Waals surface area contributed by atoms with Gasteiger partial charge in [0, 0.05) is 31.1 Å². The standard InChI is InChI=1S/C24H28N4O3S/c1-4-28-19(13-16(3)26-28)22(29)25-23-21(24(30)31-5-2)18-11-12-27(15-20(18)32-23)14-17-9-7-6-8-10-17/h6-10,13H,4-5,11-12,14-15H2,1-3H3,(H,25,29). The number of rotatable bonds is 7. The van der Waals surface area contributed by atoms with Crippen LogP contribution < -0.4 is 5.32 Å². The Labute approximate surface area is 192 Å². The van der Waals surface area contributed by atoms with Crippen LogP contribution in [-0.2, 0) is 30.8 Å². The molecule has 0 aliphatic carbocycles. The summed E-state index contributed by atoms with van der Waals surface area (Å²) in [5.41, 5.74) is 4.02.